The molecule has 0 bridgehead atoms. The number of hydrogen-bond acceptors (Lipinski definition) is 2. The van der Waals surface area contributed by atoms with Crippen molar-refractivity contribution < 1.29 is 18.0 Å². The van der Waals surface area contributed by atoms with Crippen LogP contribution in [-0.4, -0.2) is 15.3 Å². The summed E-state index contributed by atoms with van der Waals surface area (Å²) in [6.45, 7) is 3.51. The first-order valence-corrected chi connectivity index (χ1v) is 10.0. The monoisotopic (exact) mass is 422 g/mol. The fraction of sp³-hybridized carbons (Fsp3) is 0.200. The zero-order valence-electron chi connectivity index (χ0n) is 17.2. The van der Waals surface area contributed by atoms with Gasteiger partial charge in [0.05, 0.1) is 5.56 Å². The number of fused-ring (bicyclic) bond motifs is 1. The minimum atomic E-state index is -4.42. The van der Waals surface area contributed by atoms with Gasteiger partial charge in [-0.15, -0.1) is 0 Å². The van der Waals surface area contributed by atoms with E-state index in [0.717, 1.165) is 22.7 Å². The second-order valence-corrected chi connectivity index (χ2v) is 7.50. The van der Waals surface area contributed by atoms with Gasteiger partial charge in [-0.1, -0.05) is 19.1 Å². The van der Waals surface area contributed by atoms with Gasteiger partial charge in [0.25, 0.3) is 0 Å². The number of carbonyl (C=O) groups is 1. The van der Waals surface area contributed by atoms with E-state index in [-0.39, 0.29) is 17.8 Å². The lowest BCUT2D eigenvalue weighted by molar-refractivity contribution is -0.138. The maximum atomic E-state index is 13.6. The molecule has 0 fully saturated rings. The highest BCUT2D eigenvalue weighted by atomic mass is 19.4. The summed E-state index contributed by atoms with van der Waals surface area (Å²) in [5.41, 5.74) is 3.10. The van der Waals surface area contributed by atoms with Gasteiger partial charge in [0.15, 0.2) is 5.78 Å². The second kappa shape index (κ2) is 8.02. The van der Waals surface area contributed by atoms with Crippen LogP contribution in [0.5, 0.6) is 0 Å². The topological polar surface area (TPSA) is 34.9 Å². The lowest BCUT2D eigenvalue weighted by Gasteiger charge is -2.15. The standard InChI is InChI=1S/C25H21F3N2O/c1-3-23(31)17-9-11-19(12-10-17)30-15-18(20-7-5-13-29-24(20)30)14-21-16(2)6-4-8-22(21)25(26,27)28/h4-13,15H,3,14H2,1-2H3. The number of aromatic nitrogens is 2. The van der Waals surface area contributed by atoms with Crippen LogP contribution < -0.4 is 0 Å². The van der Waals surface area contributed by atoms with Crippen LogP contribution in [0.25, 0.3) is 16.7 Å². The number of nitrogens with zero attached hydrogens (tertiary/aromatic N) is 2. The molecule has 0 spiro atoms. The van der Waals surface area contributed by atoms with E-state index in [1.54, 1.807) is 37.4 Å². The number of ketones is 1. The number of pyridine rings is 1. The Kier molecular flexibility index (Phi) is 5.39. The predicted molar refractivity (Wildman–Crippen MR) is 115 cm³/mol. The molecule has 6 heteroatoms. The quantitative estimate of drug-likeness (QED) is 0.343. The van der Waals surface area contributed by atoms with Crippen molar-refractivity contribution >= 4 is 16.8 Å². The van der Waals surface area contributed by atoms with Crippen LogP contribution in [0.1, 0.15) is 46.0 Å². The Morgan fingerprint density at radius 2 is 1.77 bits per heavy atom. The minimum absolute atomic E-state index is 0.0574. The molecule has 0 radical (unpaired) electrons. The molecule has 0 saturated carbocycles. The van der Waals surface area contributed by atoms with Crippen molar-refractivity contribution in [2.24, 2.45) is 0 Å². The van der Waals surface area contributed by atoms with Crippen molar-refractivity contribution in [2.45, 2.75) is 32.9 Å². The summed E-state index contributed by atoms with van der Waals surface area (Å²) >= 11 is 0. The van der Waals surface area contributed by atoms with Crippen molar-refractivity contribution in [3.63, 3.8) is 0 Å². The number of Topliss-reactive ketones (excluding diaryl/α,β-unsaturated/α-hetero) is 1. The van der Waals surface area contributed by atoms with Gasteiger partial charge in [0.2, 0.25) is 0 Å². The molecule has 4 aromatic rings. The van der Waals surface area contributed by atoms with E-state index in [0.29, 0.717) is 23.2 Å². The van der Waals surface area contributed by atoms with E-state index in [4.69, 9.17) is 0 Å². The van der Waals surface area contributed by atoms with Crippen LogP contribution in [0.4, 0.5) is 13.2 Å². The summed E-state index contributed by atoms with van der Waals surface area (Å²) < 4.78 is 42.7. The van der Waals surface area contributed by atoms with Crippen molar-refractivity contribution in [3.05, 3.63) is 94.8 Å². The molecular weight excluding hydrogens is 401 g/mol. The highest BCUT2D eigenvalue weighted by Gasteiger charge is 2.33. The van der Waals surface area contributed by atoms with Gasteiger partial charge < -0.3 is 4.57 Å². The molecule has 4 rings (SSSR count). The first-order chi connectivity index (χ1) is 14.8. The maximum absolute atomic E-state index is 13.6. The Hall–Kier alpha value is -3.41. The number of halogens is 3. The zero-order chi connectivity index (χ0) is 22.2. The lowest BCUT2D eigenvalue weighted by atomic mass is 9.95. The number of hydrogen-bond donors (Lipinski definition) is 0. The third-order valence-corrected chi connectivity index (χ3v) is 5.52. The molecule has 0 amide bonds. The van der Waals surface area contributed by atoms with Gasteiger partial charge in [-0.2, -0.15) is 13.2 Å². The Morgan fingerprint density at radius 3 is 2.45 bits per heavy atom. The van der Waals surface area contributed by atoms with Crippen LogP contribution in [0.2, 0.25) is 0 Å². The molecule has 0 aliphatic heterocycles. The summed E-state index contributed by atoms with van der Waals surface area (Å²) in [5.74, 6) is 0.0574. The van der Waals surface area contributed by atoms with Gasteiger partial charge in [-0.25, -0.2) is 4.98 Å². The first kappa shape index (κ1) is 20.8. The molecule has 0 aliphatic carbocycles. The SMILES string of the molecule is CCC(=O)c1ccc(-n2cc(Cc3c(C)cccc3C(F)(F)F)c3cccnc32)cc1. The molecule has 2 aromatic carbocycles. The lowest BCUT2D eigenvalue weighted by Crippen LogP contribution is -2.10. The fourth-order valence-corrected chi connectivity index (χ4v) is 3.87. The Morgan fingerprint density at radius 1 is 1.03 bits per heavy atom. The summed E-state index contributed by atoms with van der Waals surface area (Å²) in [6.07, 6.45) is -0.356. The molecule has 0 aliphatic rings. The van der Waals surface area contributed by atoms with Gasteiger partial charge >= 0.3 is 6.18 Å². The molecule has 0 N–H and O–H groups in total. The number of carbonyl (C=O) groups excluding carboxylic acids is 1. The molecule has 2 aromatic heterocycles. The number of benzene rings is 2. The summed E-state index contributed by atoms with van der Waals surface area (Å²) in [4.78, 5) is 16.4. The Labute approximate surface area is 178 Å². The normalized spacial score (nSPS) is 11.8. The van der Waals surface area contributed by atoms with E-state index >= 15 is 0 Å². The van der Waals surface area contributed by atoms with Crippen molar-refractivity contribution in [3.8, 4) is 5.69 Å². The van der Waals surface area contributed by atoms with Crippen molar-refractivity contribution in [1.29, 1.82) is 0 Å². The predicted octanol–water partition coefficient (Wildman–Crippen LogP) is 6.54. The second-order valence-electron chi connectivity index (χ2n) is 7.50. The van der Waals surface area contributed by atoms with E-state index in [1.165, 1.54) is 6.07 Å². The molecule has 0 saturated heterocycles. The Balaban J connectivity index is 1.82. The Bertz CT molecular complexity index is 1250. The molecular formula is C25H21F3N2O. The third kappa shape index (κ3) is 3.98. The highest BCUT2D eigenvalue weighted by molar-refractivity contribution is 5.96. The van der Waals surface area contributed by atoms with Gasteiger partial charge in [-0.3, -0.25) is 4.79 Å². The summed E-state index contributed by atoms with van der Waals surface area (Å²) in [6, 6.07) is 15.1. The van der Waals surface area contributed by atoms with Gasteiger partial charge in [-0.05, 0) is 66.1 Å². The van der Waals surface area contributed by atoms with Crippen LogP contribution >= 0.6 is 0 Å². The molecule has 0 unspecified atom stereocenters. The average molecular weight is 422 g/mol. The van der Waals surface area contributed by atoms with Gasteiger partial charge in [0.1, 0.15) is 5.65 Å². The largest absolute Gasteiger partial charge is 0.416 e. The number of aryl methyl sites for hydroxylation is 1. The van der Waals surface area contributed by atoms with Gasteiger partial charge in [0, 0.05) is 41.9 Å². The van der Waals surface area contributed by atoms with Crippen LogP contribution in [0, 0.1) is 6.92 Å². The van der Waals surface area contributed by atoms with E-state index in [2.05, 4.69) is 4.98 Å². The summed E-state index contributed by atoms with van der Waals surface area (Å²) in [7, 11) is 0. The zero-order valence-corrected chi connectivity index (χ0v) is 17.2. The molecule has 2 heterocycles. The first-order valence-electron chi connectivity index (χ1n) is 10.0. The van der Waals surface area contributed by atoms with E-state index in [9.17, 15) is 18.0 Å². The fourth-order valence-electron chi connectivity index (χ4n) is 3.87. The van der Waals surface area contributed by atoms with Crippen molar-refractivity contribution in [2.75, 3.05) is 0 Å². The summed E-state index contributed by atoms with van der Waals surface area (Å²) in [5, 5.41) is 0.799. The van der Waals surface area contributed by atoms with Crippen LogP contribution in [0.3, 0.4) is 0 Å². The van der Waals surface area contributed by atoms with Crippen LogP contribution in [-0.2, 0) is 12.6 Å². The smallest absolute Gasteiger partial charge is 0.301 e. The molecule has 158 valence electrons. The maximum Gasteiger partial charge on any atom is 0.416 e. The highest BCUT2D eigenvalue weighted by Crippen LogP contribution is 2.35. The average Bonchev–Trinajstić information content (AvgIpc) is 3.12. The molecule has 31 heavy (non-hydrogen) atoms. The number of rotatable bonds is 5. The van der Waals surface area contributed by atoms with E-state index < -0.39 is 11.7 Å². The molecule has 3 nitrogen and oxygen atoms in total. The molecule has 0 atom stereocenters. The minimum Gasteiger partial charge on any atom is -0.301 e. The van der Waals surface area contributed by atoms with Crippen molar-refractivity contribution in [1.82, 2.24) is 9.55 Å². The number of alkyl halides is 3. The third-order valence-electron chi connectivity index (χ3n) is 5.52. The van der Waals surface area contributed by atoms with Crippen LogP contribution in [0.15, 0.2) is 67.0 Å². The van der Waals surface area contributed by atoms with E-state index in [1.807, 2.05) is 35.9 Å².